The van der Waals surface area contributed by atoms with Crippen molar-refractivity contribution < 1.29 is 9.42 Å². The summed E-state index contributed by atoms with van der Waals surface area (Å²) in [6.45, 7) is 1.74. The monoisotopic (exact) mass is 145 g/mol. The summed E-state index contributed by atoms with van der Waals surface area (Å²) in [7, 11) is -2.01. The van der Waals surface area contributed by atoms with Crippen LogP contribution in [0.2, 0.25) is 0 Å². The van der Waals surface area contributed by atoms with E-state index in [-0.39, 0.29) is 6.10 Å². The highest BCUT2D eigenvalue weighted by atomic mass is 31.2. The Balaban J connectivity index is 2.50. The second kappa shape index (κ2) is 2.27. The van der Waals surface area contributed by atoms with Crippen molar-refractivity contribution in [2.45, 2.75) is 12.5 Å². The van der Waals surface area contributed by atoms with Gasteiger partial charge in [0.1, 0.15) is 12.8 Å². The highest BCUT2D eigenvalue weighted by Gasteiger charge is 2.41. The van der Waals surface area contributed by atoms with Gasteiger partial charge in [-0.2, -0.15) is 4.52 Å². The van der Waals surface area contributed by atoms with Gasteiger partial charge < -0.3 is 0 Å². The van der Waals surface area contributed by atoms with Crippen molar-refractivity contribution in [2.24, 2.45) is 0 Å². The molecule has 0 aromatic carbocycles. The molecule has 0 saturated carbocycles. The maximum atomic E-state index is 9.29. The molecule has 0 aromatic heterocycles. The molecule has 2 atom stereocenters. The van der Waals surface area contributed by atoms with Gasteiger partial charge in [0, 0.05) is 6.42 Å². The molecule has 2 nitrogen and oxygen atoms in total. The van der Waals surface area contributed by atoms with E-state index in [1.54, 1.807) is 6.66 Å². The summed E-state index contributed by atoms with van der Waals surface area (Å²) in [5, 5.41) is 0. The normalized spacial score (nSPS) is 42.6. The van der Waals surface area contributed by atoms with Crippen molar-refractivity contribution in [3.63, 3.8) is 0 Å². The molecule has 1 aliphatic rings. The van der Waals surface area contributed by atoms with Crippen molar-refractivity contribution in [1.29, 1.82) is 0 Å². The third-order valence-electron chi connectivity index (χ3n) is 1.35. The van der Waals surface area contributed by atoms with Gasteiger partial charge in [0.25, 0.3) is 7.72 Å². The van der Waals surface area contributed by atoms with Gasteiger partial charge in [-0.15, -0.1) is 6.42 Å². The number of hydrogen-bond acceptors (Lipinski definition) is 2. The summed E-state index contributed by atoms with van der Waals surface area (Å²) < 4.78 is 5.13. The third-order valence-corrected chi connectivity index (χ3v) is 3.14. The molecule has 1 fully saturated rings. The van der Waals surface area contributed by atoms with E-state index in [2.05, 4.69) is 5.92 Å². The Bertz CT molecular complexity index is 148. The van der Waals surface area contributed by atoms with Crippen molar-refractivity contribution in [1.82, 2.24) is 0 Å². The Kier molecular flexibility index (Phi) is 1.77. The second-order valence-corrected chi connectivity index (χ2v) is 5.08. The molecule has 0 spiro atoms. The topological polar surface area (TPSA) is 29.5 Å². The fourth-order valence-electron chi connectivity index (χ4n) is 0.850. The molecule has 9 heavy (non-hydrogen) atoms. The van der Waals surface area contributed by atoms with Crippen LogP contribution in [0.1, 0.15) is 6.42 Å². The molecular formula is C6H10O2P+. The van der Waals surface area contributed by atoms with E-state index < -0.39 is 7.72 Å². The summed E-state index contributed by atoms with van der Waals surface area (Å²) in [5.74, 6) is 2.47. The first-order valence-electron chi connectivity index (χ1n) is 2.87. The number of hydrogen-bond donors (Lipinski definition) is 1. The maximum absolute atomic E-state index is 9.29. The Morgan fingerprint density at radius 1 is 1.89 bits per heavy atom. The summed E-state index contributed by atoms with van der Waals surface area (Å²) in [4.78, 5) is 9.29. The lowest BCUT2D eigenvalue weighted by Crippen LogP contribution is -1.98. The van der Waals surface area contributed by atoms with Crippen molar-refractivity contribution in [3.05, 3.63) is 0 Å². The van der Waals surface area contributed by atoms with Crippen LogP contribution >= 0.6 is 7.72 Å². The van der Waals surface area contributed by atoms with Gasteiger partial charge in [-0.3, -0.25) is 0 Å². The van der Waals surface area contributed by atoms with Crippen LogP contribution in [-0.2, 0) is 4.52 Å². The van der Waals surface area contributed by atoms with Gasteiger partial charge in [0.05, 0.1) is 0 Å². The van der Waals surface area contributed by atoms with E-state index in [4.69, 9.17) is 10.9 Å². The molecule has 3 heteroatoms. The Morgan fingerprint density at radius 3 is 2.78 bits per heavy atom. The molecule has 50 valence electrons. The lowest BCUT2D eigenvalue weighted by molar-refractivity contribution is 0.278. The van der Waals surface area contributed by atoms with Crippen LogP contribution in [0.4, 0.5) is 0 Å². The van der Waals surface area contributed by atoms with E-state index in [1.807, 2.05) is 0 Å². The van der Waals surface area contributed by atoms with Gasteiger partial charge in [0.15, 0.2) is 6.10 Å². The average Bonchev–Trinajstić information content (AvgIpc) is 2.10. The molecule has 1 saturated heterocycles. The predicted molar refractivity (Wildman–Crippen MR) is 38.3 cm³/mol. The van der Waals surface area contributed by atoms with Crippen LogP contribution in [0.5, 0.6) is 0 Å². The Hall–Kier alpha value is -0.0900. The van der Waals surface area contributed by atoms with Crippen LogP contribution < -0.4 is 0 Å². The second-order valence-electron chi connectivity index (χ2n) is 2.32. The van der Waals surface area contributed by atoms with Crippen LogP contribution in [0, 0.1) is 12.3 Å². The van der Waals surface area contributed by atoms with Crippen LogP contribution in [-0.4, -0.2) is 23.8 Å². The third kappa shape index (κ3) is 1.66. The van der Waals surface area contributed by atoms with Crippen molar-refractivity contribution >= 4 is 7.72 Å². The molecule has 0 amide bonds. The summed E-state index contributed by atoms with van der Waals surface area (Å²) in [5.41, 5.74) is 0. The minimum Gasteiger partial charge on any atom is -0.220 e. The summed E-state index contributed by atoms with van der Waals surface area (Å²) in [6.07, 6.45) is 6.52. The fraction of sp³-hybridized carbons (Fsp3) is 0.667. The minimum atomic E-state index is -2.01. The summed E-state index contributed by atoms with van der Waals surface area (Å²) in [6, 6.07) is 0. The van der Waals surface area contributed by atoms with Crippen molar-refractivity contribution in [2.75, 3.05) is 12.8 Å². The molecule has 0 aliphatic carbocycles. The molecule has 0 radical (unpaired) electrons. The largest absolute Gasteiger partial charge is 0.270 e. The first-order valence-corrected chi connectivity index (χ1v) is 5.16. The zero-order valence-corrected chi connectivity index (χ0v) is 6.27. The zero-order chi connectivity index (χ0) is 6.91. The molecule has 0 bridgehead atoms. The fourth-order valence-corrected chi connectivity index (χ4v) is 2.38. The molecule has 1 N–H and O–H groups in total. The lowest BCUT2D eigenvalue weighted by Gasteiger charge is -2.03. The Labute approximate surface area is 55.7 Å². The standard InChI is InChI=1S/C6H10O2P/c1-3-6-4-5-9(2,7)8-6/h1,6-7H,4-5H2,2H3/q+1. The van der Waals surface area contributed by atoms with E-state index in [9.17, 15) is 4.89 Å². The van der Waals surface area contributed by atoms with Crippen LogP contribution in [0.15, 0.2) is 0 Å². The number of terminal acetylenes is 1. The van der Waals surface area contributed by atoms with Crippen molar-refractivity contribution in [3.8, 4) is 12.3 Å². The van der Waals surface area contributed by atoms with E-state index in [0.717, 1.165) is 12.6 Å². The van der Waals surface area contributed by atoms with Gasteiger partial charge in [-0.25, -0.2) is 4.89 Å². The van der Waals surface area contributed by atoms with E-state index in [0.29, 0.717) is 0 Å². The lowest BCUT2D eigenvalue weighted by atomic mass is 10.3. The molecular weight excluding hydrogens is 135 g/mol. The minimum absolute atomic E-state index is 0.131. The smallest absolute Gasteiger partial charge is 0.220 e. The molecule has 0 aromatic rings. The van der Waals surface area contributed by atoms with Gasteiger partial charge in [-0.05, 0) is 0 Å². The maximum Gasteiger partial charge on any atom is 0.270 e. The van der Waals surface area contributed by atoms with Gasteiger partial charge in [0.2, 0.25) is 0 Å². The van der Waals surface area contributed by atoms with Crippen LogP contribution in [0.25, 0.3) is 0 Å². The average molecular weight is 145 g/mol. The number of rotatable bonds is 0. The molecule has 1 heterocycles. The van der Waals surface area contributed by atoms with Gasteiger partial charge in [-0.1, -0.05) is 5.92 Å². The first kappa shape index (κ1) is 7.02. The SMILES string of the molecule is C#CC1CC[P+](C)(O)O1. The predicted octanol–water partition coefficient (Wildman–Crippen LogP) is 0.878. The Morgan fingerprint density at radius 2 is 2.56 bits per heavy atom. The first-order chi connectivity index (χ1) is 4.14. The highest BCUT2D eigenvalue weighted by Crippen LogP contribution is 2.58. The van der Waals surface area contributed by atoms with E-state index in [1.165, 1.54) is 0 Å². The summed E-state index contributed by atoms with van der Waals surface area (Å²) >= 11 is 0. The van der Waals surface area contributed by atoms with E-state index >= 15 is 0 Å². The quantitative estimate of drug-likeness (QED) is 0.405. The van der Waals surface area contributed by atoms with Gasteiger partial charge >= 0.3 is 0 Å². The zero-order valence-electron chi connectivity index (χ0n) is 5.37. The highest BCUT2D eigenvalue weighted by molar-refractivity contribution is 7.65. The van der Waals surface area contributed by atoms with Crippen LogP contribution in [0.3, 0.4) is 0 Å². The molecule has 1 aliphatic heterocycles. The molecule has 1 rings (SSSR count). The molecule has 2 unspecified atom stereocenters.